The first-order valence-electron chi connectivity index (χ1n) is 4.52. The number of benzene rings is 1. The minimum Gasteiger partial charge on any atom is -0.274 e. The van der Waals surface area contributed by atoms with Gasteiger partial charge < -0.3 is 0 Å². The number of rotatable bonds is 2. The van der Waals surface area contributed by atoms with Gasteiger partial charge in [0.2, 0.25) is 0 Å². The Morgan fingerprint density at radius 2 is 2.20 bits per heavy atom. The summed E-state index contributed by atoms with van der Waals surface area (Å²) in [5, 5.41) is 4.32. The van der Waals surface area contributed by atoms with Crippen LogP contribution in [0.5, 0.6) is 0 Å². The van der Waals surface area contributed by atoms with E-state index >= 15 is 0 Å². The zero-order valence-corrected chi connectivity index (χ0v) is 9.38. The van der Waals surface area contributed by atoms with Gasteiger partial charge in [0.15, 0.2) is 0 Å². The van der Waals surface area contributed by atoms with Crippen molar-refractivity contribution in [3.05, 3.63) is 35.2 Å². The van der Waals surface area contributed by atoms with Gasteiger partial charge in [0, 0.05) is 17.3 Å². The Balaban J connectivity index is 2.39. The highest BCUT2D eigenvalue weighted by Crippen LogP contribution is 2.22. The van der Waals surface area contributed by atoms with Gasteiger partial charge in [-0.2, -0.15) is 0 Å². The molecule has 1 aromatic heterocycles. The van der Waals surface area contributed by atoms with Gasteiger partial charge in [-0.3, -0.25) is 9.63 Å². The van der Waals surface area contributed by atoms with E-state index < -0.39 is 0 Å². The molecule has 0 unspecified atom stereocenters. The van der Waals surface area contributed by atoms with E-state index in [2.05, 4.69) is 0 Å². The molecule has 0 aliphatic rings. The maximum Gasteiger partial charge on any atom is 0.277 e. The van der Waals surface area contributed by atoms with Crippen LogP contribution in [0.3, 0.4) is 0 Å². The maximum absolute atomic E-state index is 11.7. The van der Waals surface area contributed by atoms with Gasteiger partial charge in [0.1, 0.15) is 0 Å². The first-order chi connectivity index (χ1) is 7.22. The molecule has 4 heteroatoms. The first-order valence-corrected chi connectivity index (χ1v) is 5.40. The van der Waals surface area contributed by atoms with Crippen LogP contribution in [0.15, 0.2) is 29.6 Å². The quantitative estimate of drug-likeness (QED) is 0.729. The van der Waals surface area contributed by atoms with Crippen LogP contribution in [-0.4, -0.2) is 25.1 Å². The molecule has 15 heavy (non-hydrogen) atoms. The summed E-state index contributed by atoms with van der Waals surface area (Å²) in [6, 6.07) is 7.65. The second-order valence-corrected chi connectivity index (χ2v) is 4.11. The summed E-state index contributed by atoms with van der Waals surface area (Å²) in [5.74, 6) is -0.134. The second-order valence-electron chi connectivity index (χ2n) is 3.16. The lowest BCUT2D eigenvalue weighted by Crippen LogP contribution is -2.25. The average molecular weight is 221 g/mol. The molecule has 0 aliphatic carbocycles. The van der Waals surface area contributed by atoms with Crippen LogP contribution in [0.2, 0.25) is 0 Å². The van der Waals surface area contributed by atoms with E-state index in [0.717, 1.165) is 5.39 Å². The lowest BCUT2D eigenvalue weighted by Gasteiger charge is -2.13. The monoisotopic (exact) mass is 221 g/mol. The molecular weight excluding hydrogens is 210 g/mol. The minimum atomic E-state index is -0.134. The standard InChI is InChI=1S/C11H11NO2S/c1-12(14-2)11(13)9-3-4-10-8(7-9)5-6-15-10/h3-7H,1-2H3. The summed E-state index contributed by atoms with van der Waals surface area (Å²) in [7, 11) is 3.07. The fourth-order valence-electron chi connectivity index (χ4n) is 1.36. The van der Waals surface area contributed by atoms with Gasteiger partial charge in [-0.15, -0.1) is 11.3 Å². The van der Waals surface area contributed by atoms with Crippen molar-refractivity contribution >= 4 is 27.3 Å². The molecule has 0 saturated carbocycles. The molecule has 0 bridgehead atoms. The summed E-state index contributed by atoms with van der Waals surface area (Å²) in [4.78, 5) is 16.6. The highest BCUT2D eigenvalue weighted by Gasteiger charge is 2.11. The number of fused-ring (bicyclic) bond motifs is 1. The average Bonchev–Trinajstić information content (AvgIpc) is 2.73. The zero-order valence-electron chi connectivity index (χ0n) is 8.56. The van der Waals surface area contributed by atoms with Crippen molar-refractivity contribution < 1.29 is 9.63 Å². The van der Waals surface area contributed by atoms with Gasteiger partial charge >= 0.3 is 0 Å². The first kappa shape index (κ1) is 10.1. The summed E-state index contributed by atoms with van der Waals surface area (Å²) >= 11 is 1.67. The Hall–Kier alpha value is -1.39. The summed E-state index contributed by atoms with van der Waals surface area (Å²) in [5.41, 5.74) is 0.644. The van der Waals surface area contributed by atoms with Gasteiger partial charge in [0.05, 0.1) is 7.11 Å². The van der Waals surface area contributed by atoms with Gasteiger partial charge in [-0.05, 0) is 35.0 Å². The van der Waals surface area contributed by atoms with E-state index in [-0.39, 0.29) is 5.91 Å². The molecule has 0 aliphatic heterocycles. The van der Waals surface area contributed by atoms with Crippen LogP contribution in [0.1, 0.15) is 10.4 Å². The third-order valence-corrected chi connectivity index (χ3v) is 3.16. The Morgan fingerprint density at radius 3 is 2.93 bits per heavy atom. The molecule has 1 aromatic carbocycles. The molecule has 2 rings (SSSR count). The van der Waals surface area contributed by atoms with Crippen LogP contribution in [0, 0.1) is 0 Å². The van der Waals surface area contributed by atoms with E-state index in [9.17, 15) is 4.79 Å². The van der Waals surface area contributed by atoms with E-state index in [4.69, 9.17) is 4.84 Å². The number of nitrogens with zero attached hydrogens (tertiary/aromatic N) is 1. The van der Waals surface area contributed by atoms with Crippen LogP contribution >= 0.6 is 11.3 Å². The van der Waals surface area contributed by atoms with Crippen LogP contribution < -0.4 is 0 Å². The number of carbonyl (C=O) groups is 1. The van der Waals surface area contributed by atoms with Crippen LogP contribution in [0.4, 0.5) is 0 Å². The SMILES string of the molecule is CON(C)C(=O)c1ccc2sccc2c1. The van der Waals surface area contributed by atoms with Crippen LogP contribution in [-0.2, 0) is 4.84 Å². The number of hydroxylamine groups is 2. The van der Waals surface area contributed by atoms with Gasteiger partial charge in [-0.25, -0.2) is 5.06 Å². The summed E-state index contributed by atoms with van der Waals surface area (Å²) in [6.45, 7) is 0. The molecular formula is C11H11NO2S. The number of hydrogen-bond acceptors (Lipinski definition) is 3. The lowest BCUT2D eigenvalue weighted by molar-refractivity contribution is -0.0756. The van der Waals surface area contributed by atoms with Crippen molar-refractivity contribution in [3.63, 3.8) is 0 Å². The van der Waals surface area contributed by atoms with E-state index in [1.54, 1.807) is 18.4 Å². The van der Waals surface area contributed by atoms with E-state index in [0.29, 0.717) is 5.56 Å². The van der Waals surface area contributed by atoms with Crippen molar-refractivity contribution in [2.45, 2.75) is 0 Å². The number of thiophene rings is 1. The molecule has 0 spiro atoms. The van der Waals surface area contributed by atoms with Crippen molar-refractivity contribution in [2.24, 2.45) is 0 Å². The van der Waals surface area contributed by atoms with E-state index in [1.807, 2.05) is 29.6 Å². The van der Waals surface area contributed by atoms with Crippen molar-refractivity contribution in [1.82, 2.24) is 5.06 Å². The number of amides is 1. The Bertz CT molecular complexity index is 492. The molecule has 78 valence electrons. The molecule has 0 fully saturated rings. The molecule has 1 amide bonds. The van der Waals surface area contributed by atoms with Crippen LogP contribution in [0.25, 0.3) is 10.1 Å². The topological polar surface area (TPSA) is 29.5 Å². The van der Waals surface area contributed by atoms with Gasteiger partial charge in [-0.1, -0.05) is 0 Å². The molecule has 1 heterocycles. The Kier molecular flexibility index (Phi) is 2.70. The molecule has 0 N–H and O–H groups in total. The fourth-order valence-corrected chi connectivity index (χ4v) is 2.14. The second kappa shape index (κ2) is 4.00. The molecule has 3 nitrogen and oxygen atoms in total. The highest BCUT2D eigenvalue weighted by molar-refractivity contribution is 7.17. The fraction of sp³-hybridized carbons (Fsp3) is 0.182. The predicted molar refractivity (Wildman–Crippen MR) is 60.9 cm³/mol. The third kappa shape index (κ3) is 1.86. The number of hydrogen-bond donors (Lipinski definition) is 0. The molecule has 2 aromatic rings. The molecule has 0 radical (unpaired) electrons. The Morgan fingerprint density at radius 1 is 1.40 bits per heavy atom. The molecule has 0 atom stereocenters. The third-order valence-electron chi connectivity index (χ3n) is 2.26. The number of carbonyl (C=O) groups excluding carboxylic acids is 1. The highest BCUT2D eigenvalue weighted by atomic mass is 32.1. The lowest BCUT2D eigenvalue weighted by atomic mass is 10.1. The largest absolute Gasteiger partial charge is 0.277 e. The van der Waals surface area contributed by atoms with Crippen molar-refractivity contribution in [1.29, 1.82) is 0 Å². The predicted octanol–water partition coefficient (Wildman–Crippen LogP) is 2.53. The minimum absolute atomic E-state index is 0.134. The van der Waals surface area contributed by atoms with Crippen molar-refractivity contribution in [2.75, 3.05) is 14.2 Å². The smallest absolute Gasteiger partial charge is 0.274 e. The Labute approximate surface area is 91.8 Å². The summed E-state index contributed by atoms with van der Waals surface area (Å²) < 4.78 is 1.19. The normalized spacial score (nSPS) is 10.5. The van der Waals surface area contributed by atoms with E-state index in [1.165, 1.54) is 16.9 Å². The zero-order chi connectivity index (χ0) is 10.8. The maximum atomic E-state index is 11.7. The van der Waals surface area contributed by atoms with Crippen molar-refractivity contribution in [3.8, 4) is 0 Å². The molecule has 0 saturated heterocycles. The van der Waals surface area contributed by atoms with Gasteiger partial charge in [0.25, 0.3) is 5.91 Å². The summed E-state index contributed by atoms with van der Waals surface area (Å²) in [6.07, 6.45) is 0.